The van der Waals surface area contributed by atoms with E-state index in [0.717, 1.165) is 28.9 Å². The molecule has 3 rings (SSSR count). The fraction of sp³-hybridized carbons (Fsp3) is 0.231. The Labute approximate surface area is 178 Å². The minimum absolute atomic E-state index is 0.255. The molecule has 0 aliphatic heterocycles. The second-order valence-electron chi connectivity index (χ2n) is 6.86. The molecule has 0 radical (unpaired) electrons. The van der Waals surface area contributed by atoms with E-state index in [-0.39, 0.29) is 5.75 Å². The lowest BCUT2D eigenvalue weighted by molar-refractivity contribution is -0.121. The number of phenolic OH excluding ortho intramolecular Hbond substituents is 1. The van der Waals surface area contributed by atoms with E-state index < -0.39 is 6.29 Å². The number of allylic oxidation sites excluding steroid dienone is 1. The van der Waals surface area contributed by atoms with Crippen molar-refractivity contribution in [3.8, 4) is 11.5 Å². The monoisotopic (exact) mass is 404 g/mol. The zero-order valence-electron chi connectivity index (χ0n) is 17.7. The van der Waals surface area contributed by atoms with Crippen molar-refractivity contribution < 1.29 is 19.3 Å². The molecule has 4 heteroatoms. The van der Waals surface area contributed by atoms with Crippen molar-refractivity contribution in [1.29, 1.82) is 0 Å². The average molecular weight is 405 g/mol. The summed E-state index contributed by atoms with van der Waals surface area (Å²) in [6.45, 7) is 2.48. The highest BCUT2D eigenvalue weighted by Crippen LogP contribution is 2.35. The van der Waals surface area contributed by atoms with E-state index in [1.807, 2.05) is 30.3 Å². The van der Waals surface area contributed by atoms with Gasteiger partial charge in [0.1, 0.15) is 18.1 Å². The molecule has 0 spiro atoms. The Morgan fingerprint density at radius 1 is 0.767 bits per heavy atom. The molecule has 0 saturated heterocycles. The van der Waals surface area contributed by atoms with E-state index >= 15 is 0 Å². The lowest BCUT2D eigenvalue weighted by atomic mass is 9.88. The summed E-state index contributed by atoms with van der Waals surface area (Å²) in [4.78, 5) is 0. The molecule has 0 bridgehead atoms. The normalized spacial score (nSPS) is 12.0. The molecule has 0 heterocycles. The number of benzene rings is 3. The van der Waals surface area contributed by atoms with Crippen LogP contribution >= 0.6 is 0 Å². The van der Waals surface area contributed by atoms with Crippen LogP contribution in [0.2, 0.25) is 0 Å². The molecule has 0 aliphatic carbocycles. The third-order valence-corrected chi connectivity index (χ3v) is 4.99. The number of aromatic hydroxyl groups is 1. The van der Waals surface area contributed by atoms with E-state index in [1.54, 1.807) is 26.4 Å². The van der Waals surface area contributed by atoms with E-state index in [1.165, 1.54) is 11.1 Å². The smallest absolute Gasteiger partial charge is 0.191 e. The van der Waals surface area contributed by atoms with Crippen LogP contribution in [0.5, 0.6) is 11.5 Å². The number of hydrogen-bond acceptors (Lipinski definition) is 4. The molecule has 3 aromatic rings. The van der Waals surface area contributed by atoms with Crippen molar-refractivity contribution in [2.24, 2.45) is 0 Å². The van der Waals surface area contributed by atoms with Gasteiger partial charge in [-0.15, -0.1) is 0 Å². The van der Waals surface area contributed by atoms with Gasteiger partial charge in [-0.25, -0.2) is 0 Å². The van der Waals surface area contributed by atoms with E-state index in [0.29, 0.717) is 6.61 Å². The molecule has 0 unspecified atom stereocenters. The van der Waals surface area contributed by atoms with Crippen LogP contribution in [0.1, 0.15) is 30.0 Å². The van der Waals surface area contributed by atoms with Gasteiger partial charge in [-0.1, -0.05) is 61.5 Å². The summed E-state index contributed by atoms with van der Waals surface area (Å²) in [7, 11) is 3.18. The zero-order chi connectivity index (χ0) is 21.3. The number of ether oxygens (including phenoxy) is 3. The summed E-state index contributed by atoms with van der Waals surface area (Å²) in [5, 5.41) is 9.75. The first-order chi connectivity index (χ1) is 14.7. The van der Waals surface area contributed by atoms with Gasteiger partial charge in [0.25, 0.3) is 0 Å². The van der Waals surface area contributed by atoms with Crippen LogP contribution in [0.25, 0.3) is 11.1 Å². The van der Waals surface area contributed by atoms with Crippen molar-refractivity contribution in [2.75, 3.05) is 20.8 Å². The Hall–Kier alpha value is -3.08. The molecule has 156 valence electrons. The van der Waals surface area contributed by atoms with Gasteiger partial charge in [0.15, 0.2) is 6.29 Å². The Bertz CT molecular complexity index is 941. The van der Waals surface area contributed by atoms with Gasteiger partial charge in [0.2, 0.25) is 0 Å². The first kappa shape index (κ1) is 21.6. The van der Waals surface area contributed by atoms with Crippen molar-refractivity contribution >= 4 is 11.1 Å². The molecule has 0 saturated carbocycles. The third-order valence-electron chi connectivity index (χ3n) is 4.99. The maximum atomic E-state index is 9.75. The minimum atomic E-state index is -0.401. The molecule has 30 heavy (non-hydrogen) atoms. The fourth-order valence-corrected chi connectivity index (χ4v) is 3.42. The zero-order valence-corrected chi connectivity index (χ0v) is 17.7. The molecular weight excluding hydrogens is 376 g/mol. The number of methoxy groups -OCH3 is 2. The van der Waals surface area contributed by atoms with Gasteiger partial charge >= 0.3 is 0 Å². The molecule has 3 aromatic carbocycles. The maximum Gasteiger partial charge on any atom is 0.191 e. The number of hydrogen-bond donors (Lipinski definition) is 1. The second kappa shape index (κ2) is 10.6. The standard InChI is InChI=1S/C26H28O4/c1-4-24(19-8-6-5-7-9-19)26(20-10-14-22(27)15-11-20)21-12-16-23(17-13-21)30-18-25(28-2)29-3/h5-17,25,27H,4,18H2,1-3H3. The topological polar surface area (TPSA) is 47.9 Å². The van der Waals surface area contributed by atoms with Gasteiger partial charge in [0, 0.05) is 14.2 Å². The highest BCUT2D eigenvalue weighted by atomic mass is 16.7. The van der Waals surface area contributed by atoms with Crippen LogP contribution in [0.4, 0.5) is 0 Å². The summed E-state index contributed by atoms with van der Waals surface area (Å²) < 4.78 is 16.1. The molecule has 0 aromatic heterocycles. The van der Waals surface area contributed by atoms with Gasteiger partial charge in [-0.05, 0) is 58.5 Å². The number of rotatable bonds is 9. The van der Waals surface area contributed by atoms with Crippen molar-refractivity contribution in [3.63, 3.8) is 0 Å². The van der Waals surface area contributed by atoms with Crippen LogP contribution in [-0.4, -0.2) is 32.2 Å². The predicted molar refractivity (Wildman–Crippen MR) is 120 cm³/mol. The van der Waals surface area contributed by atoms with Crippen LogP contribution in [0, 0.1) is 0 Å². The highest BCUT2D eigenvalue weighted by molar-refractivity contribution is 5.98. The minimum Gasteiger partial charge on any atom is -0.508 e. The Morgan fingerprint density at radius 3 is 1.87 bits per heavy atom. The number of phenols is 1. The van der Waals surface area contributed by atoms with E-state index in [2.05, 4.69) is 43.3 Å². The summed E-state index contributed by atoms with van der Waals surface area (Å²) in [5.74, 6) is 1.01. The lowest BCUT2D eigenvalue weighted by Crippen LogP contribution is -2.21. The van der Waals surface area contributed by atoms with Crippen LogP contribution in [0.15, 0.2) is 78.9 Å². The molecule has 4 nitrogen and oxygen atoms in total. The van der Waals surface area contributed by atoms with E-state index in [9.17, 15) is 5.11 Å². The second-order valence-corrected chi connectivity index (χ2v) is 6.86. The molecule has 1 N–H and O–H groups in total. The summed E-state index contributed by atoms with van der Waals surface area (Å²) in [6.07, 6.45) is 0.476. The van der Waals surface area contributed by atoms with Crippen LogP contribution in [0.3, 0.4) is 0 Å². The fourth-order valence-electron chi connectivity index (χ4n) is 3.42. The SMILES string of the molecule is CCC(=C(c1ccc(O)cc1)c1ccc(OCC(OC)OC)cc1)c1ccccc1. The summed E-state index contributed by atoms with van der Waals surface area (Å²) in [5.41, 5.74) is 5.71. The largest absolute Gasteiger partial charge is 0.508 e. The quantitative estimate of drug-likeness (QED) is 0.364. The van der Waals surface area contributed by atoms with Crippen LogP contribution in [-0.2, 0) is 9.47 Å². The first-order valence-electron chi connectivity index (χ1n) is 10.0. The Morgan fingerprint density at radius 2 is 1.33 bits per heavy atom. The summed E-state index contributed by atoms with van der Waals surface area (Å²) in [6, 6.07) is 25.8. The van der Waals surface area contributed by atoms with E-state index in [4.69, 9.17) is 14.2 Å². The Kier molecular flexibility index (Phi) is 7.66. The van der Waals surface area contributed by atoms with Gasteiger partial charge in [-0.2, -0.15) is 0 Å². The third kappa shape index (κ3) is 5.29. The van der Waals surface area contributed by atoms with Gasteiger partial charge < -0.3 is 19.3 Å². The van der Waals surface area contributed by atoms with Crippen molar-refractivity contribution in [1.82, 2.24) is 0 Å². The Balaban J connectivity index is 2.01. The molecule has 0 fully saturated rings. The predicted octanol–water partition coefficient (Wildman–Crippen LogP) is 5.76. The molecule has 0 aliphatic rings. The van der Waals surface area contributed by atoms with Crippen LogP contribution < -0.4 is 4.74 Å². The highest BCUT2D eigenvalue weighted by Gasteiger charge is 2.14. The summed E-state index contributed by atoms with van der Waals surface area (Å²) >= 11 is 0. The van der Waals surface area contributed by atoms with Gasteiger partial charge in [-0.3, -0.25) is 0 Å². The van der Waals surface area contributed by atoms with Crippen molar-refractivity contribution in [2.45, 2.75) is 19.6 Å². The molecular formula is C26H28O4. The van der Waals surface area contributed by atoms with Gasteiger partial charge in [0.05, 0.1) is 0 Å². The maximum absolute atomic E-state index is 9.75. The molecule has 0 atom stereocenters. The van der Waals surface area contributed by atoms with Crippen molar-refractivity contribution in [3.05, 3.63) is 95.6 Å². The molecule has 0 amide bonds. The lowest BCUT2D eigenvalue weighted by Gasteiger charge is -2.17. The average Bonchev–Trinajstić information content (AvgIpc) is 2.80. The first-order valence-corrected chi connectivity index (χ1v) is 10.0.